The molecule has 4 heteroatoms. The molecule has 19 heavy (non-hydrogen) atoms. The van der Waals surface area contributed by atoms with E-state index in [4.69, 9.17) is 20.4 Å². The lowest BCUT2D eigenvalue weighted by atomic mass is 10.2. The van der Waals surface area contributed by atoms with E-state index in [0.29, 0.717) is 5.02 Å². The Bertz CT molecular complexity index is 699. The summed E-state index contributed by atoms with van der Waals surface area (Å²) in [7, 11) is 0. The van der Waals surface area contributed by atoms with E-state index in [1.165, 1.54) is 0 Å². The molecule has 1 N–H and O–H groups in total. The standard InChI is InChI=1S/C15H14ClNO2/c1-2-17-9-12-4-6-14(18-12)15-8-10-7-11(16)3-5-13(10)19-15/h3-8,17H,2,9H2,1H3. The van der Waals surface area contributed by atoms with E-state index >= 15 is 0 Å². The first kappa shape index (κ1) is 12.3. The first-order chi connectivity index (χ1) is 9.26. The van der Waals surface area contributed by atoms with Crippen LogP contribution in [0.4, 0.5) is 0 Å². The lowest BCUT2D eigenvalue weighted by Crippen LogP contribution is -2.10. The second-order valence-electron chi connectivity index (χ2n) is 4.34. The van der Waals surface area contributed by atoms with Gasteiger partial charge in [-0.1, -0.05) is 18.5 Å². The summed E-state index contributed by atoms with van der Waals surface area (Å²) in [6.07, 6.45) is 0. The molecule has 0 bridgehead atoms. The van der Waals surface area contributed by atoms with Crippen molar-refractivity contribution in [1.29, 1.82) is 0 Å². The highest BCUT2D eigenvalue weighted by molar-refractivity contribution is 6.31. The minimum absolute atomic E-state index is 0.701. The third kappa shape index (κ3) is 2.53. The predicted molar refractivity (Wildman–Crippen MR) is 76.3 cm³/mol. The number of furan rings is 2. The van der Waals surface area contributed by atoms with Gasteiger partial charge in [0.1, 0.15) is 11.3 Å². The lowest BCUT2D eigenvalue weighted by Gasteiger charge is -1.96. The second-order valence-corrected chi connectivity index (χ2v) is 4.78. The van der Waals surface area contributed by atoms with Gasteiger partial charge in [0.2, 0.25) is 0 Å². The molecule has 0 atom stereocenters. The SMILES string of the molecule is CCNCc1ccc(-c2cc3cc(Cl)ccc3o2)o1. The lowest BCUT2D eigenvalue weighted by molar-refractivity contribution is 0.482. The molecule has 0 radical (unpaired) electrons. The molecule has 1 aromatic carbocycles. The Kier molecular flexibility index (Phi) is 3.32. The van der Waals surface area contributed by atoms with E-state index in [1.807, 2.05) is 36.4 Å². The summed E-state index contributed by atoms with van der Waals surface area (Å²) >= 11 is 5.96. The van der Waals surface area contributed by atoms with Crippen molar-refractivity contribution in [3.05, 3.63) is 47.2 Å². The monoisotopic (exact) mass is 275 g/mol. The van der Waals surface area contributed by atoms with Crippen molar-refractivity contribution in [3.8, 4) is 11.5 Å². The molecule has 0 aliphatic heterocycles. The summed E-state index contributed by atoms with van der Waals surface area (Å²) in [6, 6.07) is 11.4. The Morgan fingerprint density at radius 3 is 2.79 bits per heavy atom. The van der Waals surface area contributed by atoms with Crippen molar-refractivity contribution < 1.29 is 8.83 Å². The maximum Gasteiger partial charge on any atom is 0.170 e. The molecule has 0 saturated carbocycles. The van der Waals surface area contributed by atoms with Gasteiger partial charge < -0.3 is 14.2 Å². The van der Waals surface area contributed by atoms with E-state index in [2.05, 4.69) is 12.2 Å². The average molecular weight is 276 g/mol. The van der Waals surface area contributed by atoms with E-state index in [9.17, 15) is 0 Å². The van der Waals surface area contributed by atoms with Crippen molar-refractivity contribution in [2.24, 2.45) is 0 Å². The van der Waals surface area contributed by atoms with E-state index in [0.717, 1.165) is 41.3 Å². The normalized spacial score (nSPS) is 11.3. The van der Waals surface area contributed by atoms with Crippen molar-refractivity contribution in [3.63, 3.8) is 0 Å². The molecule has 0 unspecified atom stereocenters. The largest absolute Gasteiger partial charge is 0.456 e. The summed E-state index contributed by atoms with van der Waals surface area (Å²) in [4.78, 5) is 0. The molecule has 0 fully saturated rings. The molecule has 98 valence electrons. The van der Waals surface area contributed by atoms with Gasteiger partial charge in [-0.15, -0.1) is 0 Å². The van der Waals surface area contributed by atoms with E-state index < -0.39 is 0 Å². The van der Waals surface area contributed by atoms with Crippen LogP contribution in [0.1, 0.15) is 12.7 Å². The first-order valence-corrected chi connectivity index (χ1v) is 6.63. The molecule has 0 aliphatic carbocycles. The molecular formula is C15H14ClNO2. The van der Waals surface area contributed by atoms with Gasteiger partial charge in [0.25, 0.3) is 0 Å². The summed E-state index contributed by atoms with van der Waals surface area (Å²) in [5, 5.41) is 4.90. The van der Waals surface area contributed by atoms with Gasteiger partial charge >= 0.3 is 0 Å². The van der Waals surface area contributed by atoms with E-state index in [1.54, 1.807) is 0 Å². The highest BCUT2D eigenvalue weighted by atomic mass is 35.5. The third-order valence-electron chi connectivity index (χ3n) is 2.93. The smallest absolute Gasteiger partial charge is 0.170 e. The van der Waals surface area contributed by atoms with Crippen LogP contribution >= 0.6 is 11.6 Å². The van der Waals surface area contributed by atoms with Gasteiger partial charge in [-0.2, -0.15) is 0 Å². The maximum absolute atomic E-state index is 5.96. The fraction of sp³-hybridized carbons (Fsp3) is 0.200. The van der Waals surface area contributed by atoms with Crippen molar-refractivity contribution in [2.45, 2.75) is 13.5 Å². The van der Waals surface area contributed by atoms with Gasteiger partial charge in [0.15, 0.2) is 11.5 Å². The Labute approximate surface area is 116 Å². The maximum atomic E-state index is 5.96. The van der Waals surface area contributed by atoms with Gasteiger partial charge in [0.05, 0.1) is 6.54 Å². The Balaban J connectivity index is 1.92. The molecule has 3 nitrogen and oxygen atoms in total. The van der Waals surface area contributed by atoms with Crippen LogP contribution < -0.4 is 5.32 Å². The van der Waals surface area contributed by atoms with Gasteiger partial charge in [-0.05, 0) is 42.9 Å². The van der Waals surface area contributed by atoms with Crippen LogP contribution in [0.25, 0.3) is 22.5 Å². The summed E-state index contributed by atoms with van der Waals surface area (Å²) < 4.78 is 11.5. The number of hydrogen-bond acceptors (Lipinski definition) is 3. The van der Waals surface area contributed by atoms with Crippen molar-refractivity contribution in [1.82, 2.24) is 5.32 Å². The van der Waals surface area contributed by atoms with Crippen molar-refractivity contribution in [2.75, 3.05) is 6.54 Å². The van der Waals surface area contributed by atoms with Crippen LogP contribution in [-0.2, 0) is 6.54 Å². The van der Waals surface area contributed by atoms with Crippen molar-refractivity contribution >= 4 is 22.6 Å². The zero-order chi connectivity index (χ0) is 13.2. The molecule has 0 aliphatic rings. The van der Waals surface area contributed by atoms with E-state index in [-0.39, 0.29) is 0 Å². The van der Waals surface area contributed by atoms with Crippen LogP contribution in [0.15, 0.2) is 45.2 Å². The quantitative estimate of drug-likeness (QED) is 0.764. The summed E-state index contributed by atoms with van der Waals surface area (Å²) in [5.41, 5.74) is 0.809. The number of rotatable bonds is 4. The Morgan fingerprint density at radius 2 is 1.95 bits per heavy atom. The molecule has 0 spiro atoms. The topological polar surface area (TPSA) is 38.3 Å². The summed E-state index contributed by atoms with van der Waals surface area (Å²) in [5.74, 6) is 2.36. The zero-order valence-electron chi connectivity index (χ0n) is 10.6. The van der Waals surface area contributed by atoms with Gasteiger partial charge in [-0.25, -0.2) is 0 Å². The number of hydrogen-bond donors (Lipinski definition) is 1. The fourth-order valence-corrected chi connectivity index (χ4v) is 2.17. The number of halogens is 1. The number of nitrogens with one attached hydrogen (secondary N) is 1. The van der Waals surface area contributed by atoms with Gasteiger partial charge in [-0.3, -0.25) is 0 Å². The molecule has 2 aromatic heterocycles. The average Bonchev–Trinajstić information content (AvgIpc) is 3.01. The number of benzene rings is 1. The van der Waals surface area contributed by atoms with Crippen LogP contribution in [0.3, 0.4) is 0 Å². The summed E-state index contributed by atoms with van der Waals surface area (Å²) in [6.45, 7) is 3.70. The first-order valence-electron chi connectivity index (χ1n) is 6.25. The molecule has 2 heterocycles. The van der Waals surface area contributed by atoms with Crippen LogP contribution in [0, 0.1) is 0 Å². The molecule has 3 rings (SSSR count). The predicted octanol–water partition coefficient (Wildman–Crippen LogP) is 4.46. The third-order valence-corrected chi connectivity index (χ3v) is 3.17. The molecular weight excluding hydrogens is 262 g/mol. The minimum atomic E-state index is 0.701. The highest BCUT2D eigenvalue weighted by Crippen LogP contribution is 2.30. The minimum Gasteiger partial charge on any atom is -0.456 e. The van der Waals surface area contributed by atoms with Crippen LogP contribution in [-0.4, -0.2) is 6.54 Å². The molecule has 0 saturated heterocycles. The van der Waals surface area contributed by atoms with Crippen LogP contribution in [0.2, 0.25) is 5.02 Å². The fourth-order valence-electron chi connectivity index (χ4n) is 1.99. The highest BCUT2D eigenvalue weighted by Gasteiger charge is 2.10. The zero-order valence-corrected chi connectivity index (χ0v) is 11.3. The van der Waals surface area contributed by atoms with Crippen LogP contribution in [0.5, 0.6) is 0 Å². The Hall–Kier alpha value is -1.71. The molecule has 0 amide bonds. The van der Waals surface area contributed by atoms with Gasteiger partial charge in [0, 0.05) is 10.4 Å². The number of fused-ring (bicyclic) bond motifs is 1. The second kappa shape index (κ2) is 5.11. The Morgan fingerprint density at radius 1 is 1.05 bits per heavy atom. The molecule has 3 aromatic rings.